The van der Waals surface area contributed by atoms with Gasteiger partial charge in [-0.05, 0) is 123 Å². The minimum atomic E-state index is -0.935. The van der Waals surface area contributed by atoms with Gasteiger partial charge in [-0.25, -0.2) is 0 Å². The second-order valence-electron chi connectivity index (χ2n) is 22.6. The van der Waals surface area contributed by atoms with Crippen LogP contribution >= 0.6 is 0 Å². The van der Waals surface area contributed by atoms with E-state index in [0.717, 1.165) is 24.8 Å². The first-order chi connectivity index (χ1) is 35.7. The molecule has 0 saturated heterocycles. The van der Waals surface area contributed by atoms with E-state index in [1.165, 1.54) is 11.8 Å². The summed E-state index contributed by atoms with van der Waals surface area (Å²) in [6.45, 7) is 19.0. The van der Waals surface area contributed by atoms with Gasteiger partial charge >= 0.3 is 23.9 Å². The standard InChI is InChI=1S/C59H105N3O14/c1-38-27-28-39(2)50(72-18)31-29-40(3)56(67)44(7)52(76-59(69)49(36-70-16)61(13)14)24-20-19-21-26-54(65)74-51(25-22-23-48(35-38)71-17)43(6)55(66)41(4)30-32-53(75-58(68)46(9)60(11)12)45(8)57(73-47(10)64)42(5)33-34-62(15)37-63/h22-23,28,33-34,37-38,40-46,48-53,55-57,66-67H,19-21,24-27,29-32,35-36H2,1-18H3/b23-22+,34-33+,39-28+. The monoisotopic (exact) mass is 1080 g/mol. The van der Waals surface area contributed by atoms with Gasteiger partial charge in [0.1, 0.15) is 36.5 Å². The highest BCUT2D eigenvalue weighted by Gasteiger charge is 2.38. The van der Waals surface area contributed by atoms with Gasteiger partial charge in [-0.15, -0.1) is 0 Å². The lowest BCUT2D eigenvalue weighted by atomic mass is 9.82. The normalized spacial score (nSPS) is 28.2. The van der Waals surface area contributed by atoms with Gasteiger partial charge in [0.15, 0.2) is 0 Å². The smallest absolute Gasteiger partial charge is 0.326 e. The molecule has 17 heteroatoms. The molecule has 17 atom stereocenters. The van der Waals surface area contributed by atoms with Crippen molar-refractivity contribution in [2.45, 2.75) is 207 Å². The topological polar surface area (TPSA) is 200 Å². The van der Waals surface area contributed by atoms with E-state index in [9.17, 15) is 34.2 Å². The van der Waals surface area contributed by atoms with E-state index in [1.54, 1.807) is 85.6 Å². The molecule has 0 bridgehead atoms. The molecule has 1 aliphatic heterocycles. The summed E-state index contributed by atoms with van der Waals surface area (Å²) in [7, 11) is 13.7. The first kappa shape index (κ1) is 70.3. The van der Waals surface area contributed by atoms with Crippen LogP contribution in [0.2, 0.25) is 0 Å². The SMILES string of the molecule is COCC(C(=O)OC1CCCCCC(=O)OC(C(C)C(O)C(C)CCC(OC(=O)C(C)N(C)C)C(C)C(OC(C)=O)C(C)/C=C/N(C)C=O)C/C=C/C(OC)CC(C)C/C=C(\C)C(OC)CCC(C)C(O)C1C)N(C)C. The summed E-state index contributed by atoms with van der Waals surface area (Å²) in [5.74, 6) is -3.67. The minimum Gasteiger partial charge on any atom is -0.462 e. The Morgan fingerprint density at radius 2 is 1.54 bits per heavy atom. The third-order valence-corrected chi connectivity index (χ3v) is 15.7. The van der Waals surface area contributed by atoms with Crippen molar-refractivity contribution < 1.29 is 67.3 Å². The van der Waals surface area contributed by atoms with E-state index in [1.807, 2.05) is 53.7 Å². The molecule has 1 heterocycles. The van der Waals surface area contributed by atoms with Crippen LogP contribution in [0.5, 0.6) is 0 Å². The second kappa shape index (κ2) is 37.2. The van der Waals surface area contributed by atoms with Crippen molar-refractivity contribution in [2.75, 3.05) is 63.2 Å². The van der Waals surface area contributed by atoms with Crippen molar-refractivity contribution in [3.8, 4) is 0 Å². The molecule has 0 fully saturated rings. The van der Waals surface area contributed by atoms with E-state index in [2.05, 4.69) is 19.9 Å². The molecule has 0 aromatic carbocycles. The molecule has 0 radical (unpaired) electrons. The number of ether oxygens (including phenoxy) is 7. The fourth-order valence-electron chi connectivity index (χ4n) is 9.85. The Morgan fingerprint density at radius 3 is 2.12 bits per heavy atom. The Labute approximate surface area is 458 Å². The number of hydrogen-bond donors (Lipinski definition) is 2. The van der Waals surface area contributed by atoms with E-state index in [0.29, 0.717) is 57.8 Å². The molecule has 76 heavy (non-hydrogen) atoms. The number of amides is 1. The van der Waals surface area contributed by atoms with Crippen LogP contribution in [-0.2, 0) is 57.1 Å². The third kappa shape index (κ3) is 25.4. The summed E-state index contributed by atoms with van der Waals surface area (Å²) in [6.07, 6.45) is 12.0. The Bertz CT molecular complexity index is 1780. The Kier molecular flexibility index (Phi) is 34.4. The number of nitrogens with zero attached hydrogens (tertiary/aromatic N) is 3. The summed E-state index contributed by atoms with van der Waals surface area (Å²) in [4.78, 5) is 69.5. The predicted octanol–water partition coefficient (Wildman–Crippen LogP) is 8.18. The predicted molar refractivity (Wildman–Crippen MR) is 297 cm³/mol. The number of aliphatic hydroxyl groups excluding tert-OH is 2. The van der Waals surface area contributed by atoms with Crippen molar-refractivity contribution >= 4 is 30.3 Å². The lowest BCUT2D eigenvalue weighted by molar-refractivity contribution is -0.166. The van der Waals surface area contributed by atoms with Crippen LogP contribution in [0.15, 0.2) is 36.1 Å². The largest absolute Gasteiger partial charge is 0.462 e. The second-order valence-corrected chi connectivity index (χ2v) is 22.6. The zero-order valence-corrected chi connectivity index (χ0v) is 50.1. The van der Waals surface area contributed by atoms with Gasteiger partial charge in [-0.1, -0.05) is 79.2 Å². The van der Waals surface area contributed by atoms with E-state index < -0.39 is 84.4 Å². The molecule has 0 aliphatic carbocycles. The molecule has 2 N–H and O–H groups in total. The fraction of sp³-hybridized carbons (Fsp3) is 0.814. The quantitative estimate of drug-likeness (QED) is 0.0429. The van der Waals surface area contributed by atoms with Crippen molar-refractivity contribution in [2.24, 2.45) is 41.4 Å². The van der Waals surface area contributed by atoms with Gasteiger partial charge in [0.05, 0.1) is 31.0 Å². The van der Waals surface area contributed by atoms with Crippen LogP contribution in [-0.4, -0.2) is 179 Å². The number of esters is 4. The van der Waals surface area contributed by atoms with Crippen LogP contribution in [0, 0.1) is 41.4 Å². The van der Waals surface area contributed by atoms with Crippen LogP contribution in [0.1, 0.15) is 146 Å². The molecule has 17 nitrogen and oxygen atoms in total. The average molecular weight is 1080 g/mol. The third-order valence-electron chi connectivity index (χ3n) is 15.7. The van der Waals surface area contributed by atoms with Crippen LogP contribution < -0.4 is 0 Å². The molecule has 17 unspecified atom stereocenters. The van der Waals surface area contributed by atoms with Gasteiger partial charge in [-0.3, -0.25) is 33.8 Å². The van der Waals surface area contributed by atoms with Crippen molar-refractivity contribution in [1.82, 2.24) is 14.7 Å². The molecular formula is C59H105N3O14. The van der Waals surface area contributed by atoms with Crippen LogP contribution in [0.25, 0.3) is 0 Å². The molecule has 0 aromatic rings. The highest BCUT2D eigenvalue weighted by molar-refractivity contribution is 5.76. The zero-order valence-electron chi connectivity index (χ0n) is 50.1. The number of carbonyl (C=O) groups is 5. The molecule has 0 saturated carbocycles. The number of allylic oxidation sites excluding steroid dienone is 1. The lowest BCUT2D eigenvalue weighted by Crippen LogP contribution is -2.44. The van der Waals surface area contributed by atoms with Crippen LogP contribution in [0.3, 0.4) is 0 Å². The van der Waals surface area contributed by atoms with Gasteiger partial charge in [-0.2, -0.15) is 0 Å². The number of aliphatic hydroxyl groups is 2. The minimum absolute atomic E-state index is 0.106. The van der Waals surface area contributed by atoms with E-state index in [4.69, 9.17) is 33.2 Å². The number of cyclic esters (lactones) is 1. The van der Waals surface area contributed by atoms with E-state index >= 15 is 0 Å². The fourth-order valence-corrected chi connectivity index (χ4v) is 9.85. The summed E-state index contributed by atoms with van der Waals surface area (Å²) in [6, 6.07) is -1.18. The first-order valence-electron chi connectivity index (χ1n) is 27.9. The molecule has 0 aromatic heterocycles. The number of likely N-dealkylation sites (N-methyl/N-ethyl adjacent to an activating group) is 2. The Hall–Kier alpha value is -3.71. The number of rotatable bonds is 23. The molecular weight excluding hydrogens is 975 g/mol. The lowest BCUT2D eigenvalue weighted by Gasteiger charge is -2.35. The summed E-state index contributed by atoms with van der Waals surface area (Å²) < 4.78 is 41.7. The summed E-state index contributed by atoms with van der Waals surface area (Å²) in [5, 5.41) is 23.8. The zero-order chi connectivity index (χ0) is 57.8. The van der Waals surface area contributed by atoms with Gasteiger partial charge < -0.3 is 48.3 Å². The Balaban J connectivity index is 3.59. The molecule has 0 spiro atoms. The highest BCUT2D eigenvalue weighted by atomic mass is 16.6. The maximum Gasteiger partial charge on any atom is 0.326 e. The van der Waals surface area contributed by atoms with Gasteiger partial charge in [0.25, 0.3) is 0 Å². The maximum atomic E-state index is 13.8. The summed E-state index contributed by atoms with van der Waals surface area (Å²) >= 11 is 0. The molecule has 1 rings (SSSR count). The Morgan fingerprint density at radius 1 is 0.868 bits per heavy atom. The number of hydrogen-bond acceptors (Lipinski definition) is 16. The molecule has 1 aliphatic rings. The van der Waals surface area contributed by atoms with Gasteiger partial charge in [0, 0.05) is 78.0 Å². The highest BCUT2D eigenvalue weighted by Crippen LogP contribution is 2.32. The molecule has 1 amide bonds. The number of carbonyl (C=O) groups excluding carboxylic acids is 5. The number of methoxy groups -OCH3 is 3. The first-order valence-corrected chi connectivity index (χ1v) is 27.9. The van der Waals surface area contributed by atoms with Gasteiger partial charge in [0.2, 0.25) is 6.41 Å². The average Bonchev–Trinajstić information content (AvgIpc) is 3.38. The van der Waals surface area contributed by atoms with Crippen LogP contribution in [0.4, 0.5) is 0 Å². The van der Waals surface area contributed by atoms with Crippen molar-refractivity contribution in [3.05, 3.63) is 36.1 Å². The van der Waals surface area contributed by atoms with Crippen molar-refractivity contribution in [1.29, 1.82) is 0 Å². The maximum absolute atomic E-state index is 13.8. The summed E-state index contributed by atoms with van der Waals surface area (Å²) in [5.41, 5.74) is 1.12. The van der Waals surface area contributed by atoms with E-state index in [-0.39, 0.29) is 54.8 Å². The molecule has 440 valence electrons. The van der Waals surface area contributed by atoms with Crippen molar-refractivity contribution in [3.63, 3.8) is 0 Å².